The van der Waals surface area contributed by atoms with E-state index in [9.17, 15) is 0 Å². The van der Waals surface area contributed by atoms with Crippen molar-refractivity contribution >= 4 is 39.0 Å². The van der Waals surface area contributed by atoms with Gasteiger partial charge in [0, 0.05) is 44.0 Å². The van der Waals surface area contributed by atoms with Crippen molar-refractivity contribution in [3.8, 4) is 44.5 Å². The van der Waals surface area contributed by atoms with Gasteiger partial charge in [-0.25, -0.2) is 0 Å². The predicted molar refractivity (Wildman–Crippen MR) is 234 cm³/mol. The van der Waals surface area contributed by atoms with E-state index < -0.39 is 0 Å². The van der Waals surface area contributed by atoms with Crippen molar-refractivity contribution in [1.29, 1.82) is 0 Å². The lowest BCUT2D eigenvalue weighted by Gasteiger charge is -2.31. The second-order valence-corrected chi connectivity index (χ2v) is 16.5. The summed E-state index contributed by atoms with van der Waals surface area (Å²) in [6.45, 7) is 9.45. The zero-order chi connectivity index (χ0) is 37.8. The molecular weight excluding hydrogens is 679 g/mol. The molecule has 0 unspecified atom stereocenters. The maximum atomic E-state index is 6.58. The first-order valence-corrected chi connectivity index (χ1v) is 19.7. The van der Waals surface area contributed by atoms with Gasteiger partial charge in [-0.1, -0.05) is 173 Å². The molecule has 0 spiro atoms. The number of rotatable bonds is 5. The molecule has 0 bridgehead atoms. The summed E-state index contributed by atoms with van der Waals surface area (Å²) in [5.74, 6) is 0. The minimum atomic E-state index is -0.137. The molecule has 1 aromatic heterocycles. The standard InChI is InChI=1S/C54H41NO/c1-53(2)43-26-9-5-21-41(43)50-39(24-15-28-45(50)53)37-19-7-11-30-47(37)55(48-31-16-29-46-51(48)42-22-6-10-27-44(42)54(46,3)4)35-18-13-17-34(33-35)36-23-14-25-40-38-20-8-12-32-49(38)56-52(36)40/h5-33H,1-4H3. The van der Waals surface area contributed by atoms with Crippen LogP contribution in [0.2, 0.25) is 0 Å². The molecule has 1 heterocycles. The van der Waals surface area contributed by atoms with Crippen LogP contribution in [0.4, 0.5) is 17.1 Å². The number of benzene rings is 8. The Hall–Kier alpha value is -6.64. The van der Waals surface area contributed by atoms with Gasteiger partial charge in [0.05, 0.1) is 11.4 Å². The maximum absolute atomic E-state index is 6.58. The summed E-state index contributed by atoms with van der Waals surface area (Å²) in [5.41, 5.74) is 20.3. The van der Waals surface area contributed by atoms with Crippen molar-refractivity contribution in [1.82, 2.24) is 0 Å². The Bertz CT molecular complexity index is 3050. The lowest BCUT2D eigenvalue weighted by molar-refractivity contribution is 0.660. The summed E-state index contributed by atoms with van der Waals surface area (Å²) < 4.78 is 6.58. The van der Waals surface area contributed by atoms with Gasteiger partial charge < -0.3 is 9.32 Å². The molecule has 11 rings (SSSR count). The smallest absolute Gasteiger partial charge is 0.143 e. The van der Waals surface area contributed by atoms with E-state index in [0.29, 0.717) is 0 Å². The van der Waals surface area contributed by atoms with E-state index in [2.05, 4.69) is 202 Å². The van der Waals surface area contributed by atoms with E-state index >= 15 is 0 Å². The van der Waals surface area contributed by atoms with Crippen LogP contribution in [0.15, 0.2) is 180 Å². The highest BCUT2D eigenvalue weighted by molar-refractivity contribution is 6.10. The highest BCUT2D eigenvalue weighted by atomic mass is 16.3. The van der Waals surface area contributed by atoms with E-state index in [1.54, 1.807) is 0 Å². The lowest BCUT2D eigenvalue weighted by Crippen LogP contribution is -2.16. The highest BCUT2D eigenvalue weighted by Crippen LogP contribution is 2.57. The largest absolute Gasteiger partial charge is 0.455 e. The fourth-order valence-corrected chi connectivity index (χ4v) is 9.99. The van der Waals surface area contributed by atoms with Crippen molar-refractivity contribution in [2.24, 2.45) is 0 Å². The topological polar surface area (TPSA) is 16.4 Å². The minimum Gasteiger partial charge on any atom is -0.455 e. The first kappa shape index (κ1) is 32.8. The van der Waals surface area contributed by atoms with Crippen molar-refractivity contribution < 1.29 is 4.42 Å². The van der Waals surface area contributed by atoms with E-state index in [-0.39, 0.29) is 10.8 Å². The molecule has 2 nitrogen and oxygen atoms in total. The molecular formula is C54H41NO. The molecule has 0 atom stereocenters. The fraction of sp³-hybridized carbons (Fsp3) is 0.111. The monoisotopic (exact) mass is 719 g/mol. The third-order valence-corrected chi connectivity index (χ3v) is 12.7. The SMILES string of the molecule is CC1(C)c2ccccc2-c2c(-c3ccccc3N(c3cccc(-c4cccc5c4oc4ccccc45)c3)c3cccc4c3-c3ccccc3C4(C)C)cccc21. The Labute approximate surface area is 328 Å². The van der Waals surface area contributed by atoms with E-state index in [4.69, 9.17) is 4.42 Å². The number of hydrogen-bond acceptors (Lipinski definition) is 2. The quantitative estimate of drug-likeness (QED) is 0.176. The summed E-state index contributed by atoms with van der Waals surface area (Å²) in [6, 6.07) is 64.6. The molecule has 0 N–H and O–H groups in total. The fourth-order valence-electron chi connectivity index (χ4n) is 9.99. The Kier molecular flexibility index (Phi) is 6.98. The molecule has 0 radical (unpaired) electrons. The summed E-state index contributed by atoms with van der Waals surface area (Å²) in [4.78, 5) is 2.51. The summed E-state index contributed by atoms with van der Waals surface area (Å²) in [7, 11) is 0. The second-order valence-electron chi connectivity index (χ2n) is 16.5. The van der Waals surface area contributed by atoms with E-state index in [1.165, 1.54) is 61.3 Å². The van der Waals surface area contributed by atoms with Crippen LogP contribution < -0.4 is 4.90 Å². The van der Waals surface area contributed by atoms with Crippen LogP contribution in [-0.4, -0.2) is 0 Å². The molecule has 2 aliphatic carbocycles. The van der Waals surface area contributed by atoms with Crippen LogP contribution in [0.3, 0.4) is 0 Å². The van der Waals surface area contributed by atoms with Crippen LogP contribution in [0.1, 0.15) is 49.9 Å². The van der Waals surface area contributed by atoms with Crippen molar-refractivity contribution in [3.63, 3.8) is 0 Å². The first-order chi connectivity index (χ1) is 27.3. The van der Waals surface area contributed by atoms with E-state index in [0.717, 1.165) is 44.4 Å². The summed E-state index contributed by atoms with van der Waals surface area (Å²) in [6.07, 6.45) is 0. The summed E-state index contributed by atoms with van der Waals surface area (Å²) in [5, 5.41) is 2.27. The van der Waals surface area contributed by atoms with Crippen LogP contribution >= 0.6 is 0 Å². The average molecular weight is 720 g/mol. The summed E-state index contributed by atoms with van der Waals surface area (Å²) >= 11 is 0. The van der Waals surface area contributed by atoms with Gasteiger partial charge in [0.15, 0.2) is 0 Å². The normalized spacial score (nSPS) is 14.4. The molecule has 0 amide bonds. The van der Waals surface area contributed by atoms with Gasteiger partial charge in [0.2, 0.25) is 0 Å². The molecule has 9 aromatic rings. The Morgan fingerprint density at radius 3 is 1.70 bits per heavy atom. The van der Waals surface area contributed by atoms with Gasteiger partial charge in [0.1, 0.15) is 11.2 Å². The van der Waals surface area contributed by atoms with Crippen LogP contribution in [0.25, 0.3) is 66.4 Å². The van der Waals surface area contributed by atoms with Crippen molar-refractivity contribution in [2.75, 3.05) is 4.90 Å². The van der Waals surface area contributed by atoms with E-state index in [1.807, 2.05) is 6.07 Å². The number of furan rings is 1. The van der Waals surface area contributed by atoms with Gasteiger partial charge in [-0.05, 0) is 80.4 Å². The van der Waals surface area contributed by atoms with Gasteiger partial charge in [-0.15, -0.1) is 0 Å². The second kappa shape index (κ2) is 11.9. The zero-order valence-corrected chi connectivity index (χ0v) is 32.1. The number of anilines is 3. The van der Waals surface area contributed by atoms with Crippen LogP contribution in [0, 0.1) is 0 Å². The van der Waals surface area contributed by atoms with Crippen molar-refractivity contribution in [3.05, 3.63) is 198 Å². The molecule has 0 saturated carbocycles. The molecule has 268 valence electrons. The zero-order valence-electron chi connectivity index (χ0n) is 32.1. The number of fused-ring (bicyclic) bond motifs is 9. The van der Waals surface area contributed by atoms with Gasteiger partial charge in [-0.3, -0.25) is 0 Å². The predicted octanol–water partition coefficient (Wildman–Crippen LogP) is 15.0. The molecule has 0 aliphatic heterocycles. The third-order valence-electron chi connectivity index (χ3n) is 12.7. The Morgan fingerprint density at radius 1 is 0.393 bits per heavy atom. The maximum Gasteiger partial charge on any atom is 0.143 e. The molecule has 2 heteroatoms. The van der Waals surface area contributed by atoms with Crippen molar-refractivity contribution in [2.45, 2.75) is 38.5 Å². The third kappa shape index (κ3) is 4.56. The number of para-hydroxylation sites is 3. The van der Waals surface area contributed by atoms with Gasteiger partial charge in [-0.2, -0.15) is 0 Å². The van der Waals surface area contributed by atoms with Crippen LogP contribution in [0.5, 0.6) is 0 Å². The van der Waals surface area contributed by atoms with Gasteiger partial charge >= 0.3 is 0 Å². The highest BCUT2D eigenvalue weighted by Gasteiger charge is 2.39. The van der Waals surface area contributed by atoms with Gasteiger partial charge in [0.25, 0.3) is 0 Å². The molecule has 56 heavy (non-hydrogen) atoms. The molecule has 0 fully saturated rings. The number of nitrogens with zero attached hydrogens (tertiary/aromatic N) is 1. The number of hydrogen-bond donors (Lipinski definition) is 0. The first-order valence-electron chi connectivity index (χ1n) is 19.7. The Balaban J connectivity index is 1.19. The molecule has 8 aromatic carbocycles. The Morgan fingerprint density at radius 2 is 0.911 bits per heavy atom. The minimum absolute atomic E-state index is 0.0991. The average Bonchev–Trinajstić information content (AvgIpc) is 3.82. The lowest BCUT2D eigenvalue weighted by atomic mass is 9.82. The molecule has 0 saturated heterocycles. The van der Waals surface area contributed by atoms with Crippen LogP contribution in [-0.2, 0) is 10.8 Å². The molecule has 2 aliphatic rings.